The van der Waals surface area contributed by atoms with Crippen LogP contribution in [0.5, 0.6) is 0 Å². The molecule has 0 aliphatic heterocycles. The lowest BCUT2D eigenvalue weighted by atomic mass is 9.49. The molecule has 0 atom stereocenters. The number of hydrogen-bond donors (Lipinski definition) is 0. The van der Waals surface area contributed by atoms with E-state index in [1.165, 1.54) is 44.1 Å². The molecule has 4 fully saturated rings. The number of pyridine rings is 1. The Morgan fingerprint density at radius 1 is 1.04 bits per heavy atom. The first kappa shape index (κ1) is 13.7. The molecule has 4 saturated carbocycles. The van der Waals surface area contributed by atoms with Crippen LogP contribution in [0.3, 0.4) is 0 Å². The molecule has 0 saturated heterocycles. The SMILES string of the molecule is c1cncc(CCc2nc(C34CC5CC(CC(C5)C3)C4)no2)c1. The fraction of sp³-hybridized carbons (Fsp3) is 0.632. The Labute approximate surface area is 136 Å². The molecule has 0 unspecified atom stereocenters. The van der Waals surface area contributed by atoms with Gasteiger partial charge in [-0.3, -0.25) is 4.98 Å². The maximum atomic E-state index is 5.59. The first-order valence-electron chi connectivity index (χ1n) is 9.01. The van der Waals surface area contributed by atoms with Crippen molar-refractivity contribution in [2.45, 2.75) is 56.8 Å². The first-order valence-corrected chi connectivity index (χ1v) is 9.01. The second-order valence-corrected chi connectivity index (χ2v) is 8.07. The average molecular weight is 309 g/mol. The minimum absolute atomic E-state index is 0.241. The van der Waals surface area contributed by atoms with Crippen molar-refractivity contribution in [3.8, 4) is 0 Å². The molecule has 120 valence electrons. The summed E-state index contributed by atoms with van der Waals surface area (Å²) in [7, 11) is 0. The Morgan fingerprint density at radius 2 is 1.78 bits per heavy atom. The molecule has 0 amide bonds. The molecule has 4 bridgehead atoms. The number of hydrogen-bond acceptors (Lipinski definition) is 4. The van der Waals surface area contributed by atoms with Crippen LogP contribution in [0, 0.1) is 17.8 Å². The summed E-state index contributed by atoms with van der Waals surface area (Å²) in [4.78, 5) is 8.98. The van der Waals surface area contributed by atoms with E-state index in [1.54, 1.807) is 6.20 Å². The van der Waals surface area contributed by atoms with E-state index in [-0.39, 0.29) is 5.41 Å². The Kier molecular flexibility index (Phi) is 3.07. The highest BCUT2D eigenvalue weighted by molar-refractivity contribution is 5.17. The molecule has 0 aromatic carbocycles. The zero-order valence-corrected chi connectivity index (χ0v) is 13.4. The maximum absolute atomic E-state index is 5.59. The van der Waals surface area contributed by atoms with Gasteiger partial charge in [-0.25, -0.2) is 0 Å². The fourth-order valence-electron chi connectivity index (χ4n) is 5.75. The van der Waals surface area contributed by atoms with Crippen molar-refractivity contribution >= 4 is 0 Å². The monoisotopic (exact) mass is 309 g/mol. The number of rotatable bonds is 4. The largest absolute Gasteiger partial charge is 0.339 e. The van der Waals surface area contributed by atoms with Gasteiger partial charge < -0.3 is 4.52 Å². The summed E-state index contributed by atoms with van der Waals surface area (Å²) in [5.74, 6) is 4.55. The van der Waals surface area contributed by atoms with E-state index in [0.717, 1.165) is 42.3 Å². The summed E-state index contributed by atoms with van der Waals surface area (Å²) in [6.45, 7) is 0. The summed E-state index contributed by atoms with van der Waals surface area (Å²) in [6.07, 6.45) is 13.7. The lowest BCUT2D eigenvalue weighted by Gasteiger charge is -2.55. The molecule has 0 spiro atoms. The molecule has 0 N–H and O–H groups in total. The molecular formula is C19H23N3O. The maximum Gasteiger partial charge on any atom is 0.226 e. The number of aryl methyl sites for hydroxylation is 2. The van der Waals surface area contributed by atoms with Gasteiger partial charge in [0.25, 0.3) is 0 Å². The van der Waals surface area contributed by atoms with Gasteiger partial charge in [0, 0.05) is 24.2 Å². The second-order valence-electron chi connectivity index (χ2n) is 8.07. The third kappa shape index (κ3) is 2.39. The highest BCUT2D eigenvalue weighted by Crippen LogP contribution is 2.60. The molecule has 4 nitrogen and oxygen atoms in total. The van der Waals surface area contributed by atoms with Gasteiger partial charge in [0.15, 0.2) is 5.82 Å². The van der Waals surface area contributed by atoms with Crippen LogP contribution in [0.4, 0.5) is 0 Å². The van der Waals surface area contributed by atoms with Crippen molar-refractivity contribution < 1.29 is 4.52 Å². The van der Waals surface area contributed by atoms with Crippen LogP contribution < -0.4 is 0 Å². The Bertz CT molecular complexity index is 658. The van der Waals surface area contributed by atoms with Gasteiger partial charge in [0.05, 0.1) is 0 Å². The van der Waals surface area contributed by atoms with Gasteiger partial charge >= 0.3 is 0 Å². The summed E-state index contributed by atoms with van der Waals surface area (Å²) in [6, 6.07) is 4.08. The van der Waals surface area contributed by atoms with E-state index in [4.69, 9.17) is 9.51 Å². The first-order chi connectivity index (χ1) is 11.3. The molecule has 6 rings (SSSR count). The quantitative estimate of drug-likeness (QED) is 0.864. The van der Waals surface area contributed by atoms with E-state index in [1.807, 2.05) is 12.3 Å². The average Bonchev–Trinajstić information content (AvgIpc) is 3.02. The molecule has 2 aromatic rings. The van der Waals surface area contributed by atoms with Crippen LogP contribution in [-0.2, 0) is 18.3 Å². The van der Waals surface area contributed by atoms with E-state index in [2.05, 4.69) is 16.2 Å². The van der Waals surface area contributed by atoms with Crippen LogP contribution in [0.25, 0.3) is 0 Å². The minimum atomic E-state index is 0.241. The van der Waals surface area contributed by atoms with Gasteiger partial charge in [-0.2, -0.15) is 4.98 Å². The molecule has 23 heavy (non-hydrogen) atoms. The van der Waals surface area contributed by atoms with Crippen molar-refractivity contribution in [1.29, 1.82) is 0 Å². The Morgan fingerprint density at radius 3 is 2.43 bits per heavy atom. The zero-order chi connectivity index (χ0) is 15.3. The van der Waals surface area contributed by atoms with Crippen molar-refractivity contribution in [2.24, 2.45) is 17.8 Å². The standard InChI is InChI=1S/C19H23N3O/c1-2-13(12-20-5-1)3-4-17-21-18(22-23-17)19-9-14-6-15(10-19)8-16(7-14)11-19/h1-2,5,12,14-16H,3-4,6-11H2. The lowest BCUT2D eigenvalue weighted by Crippen LogP contribution is -2.49. The molecule has 2 aromatic heterocycles. The van der Waals surface area contributed by atoms with E-state index >= 15 is 0 Å². The van der Waals surface area contributed by atoms with Gasteiger partial charge in [-0.1, -0.05) is 11.2 Å². The van der Waals surface area contributed by atoms with Crippen molar-refractivity contribution in [2.75, 3.05) is 0 Å². The van der Waals surface area contributed by atoms with Gasteiger partial charge in [-0.15, -0.1) is 0 Å². The predicted octanol–water partition coefficient (Wildman–Crippen LogP) is 3.72. The van der Waals surface area contributed by atoms with Crippen LogP contribution in [0.15, 0.2) is 29.0 Å². The van der Waals surface area contributed by atoms with Gasteiger partial charge in [0.2, 0.25) is 5.89 Å². The molecule has 4 aliphatic carbocycles. The zero-order valence-electron chi connectivity index (χ0n) is 13.4. The third-order valence-corrected chi connectivity index (χ3v) is 6.33. The number of nitrogens with zero attached hydrogens (tertiary/aromatic N) is 3. The van der Waals surface area contributed by atoms with Gasteiger partial charge in [0.1, 0.15) is 0 Å². The summed E-state index contributed by atoms with van der Waals surface area (Å²) >= 11 is 0. The van der Waals surface area contributed by atoms with Crippen LogP contribution >= 0.6 is 0 Å². The molecular weight excluding hydrogens is 286 g/mol. The molecule has 4 heteroatoms. The van der Waals surface area contributed by atoms with E-state index in [9.17, 15) is 0 Å². The molecule has 4 aliphatic rings. The van der Waals surface area contributed by atoms with Crippen LogP contribution in [0.1, 0.15) is 55.8 Å². The van der Waals surface area contributed by atoms with Crippen LogP contribution in [-0.4, -0.2) is 15.1 Å². The lowest BCUT2D eigenvalue weighted by molar-refractivity contribution is -0.0103. The van der Waals surface area contributed by atoms with Gasteiger partial charge in [-0.05, 0) is 74.3 Å². The Balaban J connectivity index is 1.33. The highest BCUT2D eigenvalue weighted by Gasteiger charge is 2.53. The summed E-state index contributed by atoms with van der Waals surface area (Å²) in [5, 5.41) is 4.42. The Hall–Kier alpha value is -1.71. The van der Waals surface area contributed by atoms with E-state index in [0.29, 0.717) is 0 Å². The molecule has 0 radical (unpaired) electrons. The second kappa shape index (κ2) is 5.15. The van der Waals surface area contributed by atoms with Crippen molar-refractivity contribution in [1.82, 2.24) is 15.1 Å². The minimum Gasteiger partial charge on any atom is -0.339 e. The highest BCUT2D eigenvalue weighted by atomic mass is 16.5. The summed E-state index contributed by atoms with van der Waals surface area (Å²) < 4.78 is 5.59. The van der Waals surface area contributed by atoms with Crippen LogP contribution in [0.2, 0.25) is 0 Å². The third-order valence-electron chi connectivity index (χ3n) is 6.33. The predicted molar refractivity (Wildman–Crippen MR) is 85.8 cm³/mol. The molecule has 2 heterocycles. The number of aromatic nitrogens is 3. The van der Waals surface area contributed by atoms with E-state index < -0.39 is 0 Å². The smallest absolute Gasteiger partial charge is 0.226 e. The normalized spacial score (nSPS) is 34.9. The van der Waals surface area contributed by atoms with Crippen molar-refractivity contribution in [3.05, 3.63) is 41.8 Å². The van der Waals surface area contributed by atoms with Crippen molar-refractivity contribution in [3.63, 3.8) is 0 Å². The topological polar surface area (TPSA) is 51.8 Å². The summed E-state index contributed by atoms with van der Waals surface area (Å²) in [5.41, 5.74) is 1.46. The fourth-order valence-corrected chi connectivity index (χ4v) is 5.75.